The summed E-state index contributed by atoms with van der Waals surface area (Å²) in [6.07, 6.45) is 2.72. The van der Waals surface area contributed by atoms with Crippen molar-refractivity contribution in [1.82, 2.24) is 10.2 Å². The fourth-order valence-electron chi connectivity index (χ4n) is 4.66. The standard InChI is InChI=1S/C25H31ClN2O2/c1-17-10-11-20-22(14-25(2,3)30-23(20)13-17)27-24(29)19-8-6-12-28(16-19)15-18-7-4-5-9-21(18)26/h4-5,7,9-11,13,19,22H,6,8,12,14-16H2,1-3H3,(H,27,29)/t19-,22+/m1/s1. The number of likely N-dealkylation sites (tertiary alicyclic amines) is 1. The molecule has 160 valence electrons. The first-order valence-electron chi connectivity index (χ1n) is 10.9. The summed E-state index contributed by atoms with van der Waals surface area (Å²) in [5, 5.41) is 4.14. The number of piperidine rings is 1. The van der Waals surface area contributed by atoms with Crippen molar-refractivity contribution in [2.75, 3.05) is 13.1 Å². The highest BCUT2D eigenvalue weighted by Gasteiger charge is 2.36. The third kappa shape index (κ3) is 4.81. The van der Waals surface area contributed by atoms with Crippen LogP contribution in [0.15, 0.2) is 42.5 Å². The lowest BCUT2D eigenvalue weighted by Gasteiger charge is -2.39. The highest BCUT2D eigenvalue weighted by atomic mass is 35.5. The van der Waals surface area contributed by atoms with E-state index in [1.165, 1.54) is 5.56 Å². The van der Waals surface area contributed by atoms with E-state index < -0.39 is 0 Å². The molecular weight excluding hydrogens is 396 g/mol. The molecule has 2 aliphatic rings. The number of halogens is 1. The molecule has 2 aliphatic heterocycles. The molecule has 2 atom stereocenters. The minimum atomic E-state index is -0.304. The first-order valence-corrected chi connectivity index (χ1v) is 11.2. The lowest BCUT2D eigenvalue weighted by atomic mass is 9.88. The van der Waals surface area contributed by atoms with Crippen LogP contribution < -0.4 is 10.1 Å². The Balaban J connectivity index is 1.44. The normalized spacial score (nSPS) is 23.3. The van der Waals surface area contributed by atoms with Crippen molar-refractivity contribution < 1.29 is 9.53 Å². The fourth-order valence-corrected chi connectivity index (χ4v) is 4.85. The van der Waals surface area contributed by atoms with Crippen LogP contribution in [-0.2, 0) is 11.3 Å². The van der Waals surface area contributed by atoms with Gasteiger partial charge in [0.05, 0.1) is 12.0 Å². The minimum absolute atomic E-state index is 0.00101. The maximum atomic E-state index is 13.2. The van der Waals surface area contributed by atoms with Crippen molar-refractivity contribution in [3.8, 4) is 5.75 Å². The molecule has 2 aromatic rings. The summed E-state index contributed by atoms with van der Waals surface area (Å²) >= 11 is 6.34. The average molecular weight is 427 g/mol. The minimum Gasteiger partial charge on any atom is -0.487 e. The Morgan fingerprint density at radius 3 is 2.87 bits per heavy atom. The van der Waals surface area contributed by atoms with Gasteiger partial charge in [-0.2, -0.15) is 0 Å². The van der Waals surface area contributed by atoms with Gasteiger partial charge in [-0.1, -0.05) is 41.9 Å². The highest BCUT2D eigenvalue weighted by molar-refractivity contribution is 6.31. The van der Waals surface area contributed by atoms with Crippen LogP contribution >= 0.6 is 11.6 Å². The van der Waals surface area contributed by atoms with Crippen LogP contribution in [0.4, 0.5) is 0 Å². The van der Waals surface area contributed by atoms with E-state index in [9.17, 15) is 4.79 Å². The lowest BCUT2D eigenvalue weighted by Crippen LogP contribution is -2.46. The molecule has 2 heterocycles. The average Bonchev–Trinajstić information content (AvgIpc) is 2.69. The van der Waals surface area contributed by atoms with E-state index in [2.05, 4.69) is 55.3 Å². The number of ether oxygens (including phenoxy) is 1. The van der Waals surface area contributed by atoms with Crippen LogP contribution in [0.3, 0.4) is 0 Å². The van der Waals surface area contributed by atoms with Gasteiger partial charge < -0.3 is 10.1 Å². The van der Waals surface area contributed by atoms with Gasteiger partial charge in [-0.25, -0.2) is 0 Å². The SMILES string of the molecule is Cc1ccc2c(c1)OC(C)(C)C[C@@H]2NC(=O)[C@@H]1CCCN(Cc2ccccc2Cl)C1. The molecule has 0 radical (unpaired) electrons. The molecule has 1 saturated heterocycles. The zero-order chi connectivity index (χ0) is 21.3. The van der Waals surface area contributed by atoms with Crippen LogP contribution in [0.25, 0.3) is 0 Å². The van der Waals surface area contributed by atoms with Crippen molar-refractivity contribution in [2.45, 2.75) is 58.2 Å². The van der Waals surface area contributed by atoms with Crippen LogP contribution in [0.1, 0.15) is 55.8 Å². The predicted molar refractivity (Wildman–Crippen MR) is 121 cm³/mol. The maximum absolute atomic E-state index is 13.2. The van der Waals surface area contributed by atoms with E-state index in [-0.39, 0.29) is 23.5 Å². The summed E-state index contributed by atoms with van der Waals surface area (Å²) in [6, 6.07) is 14.2. The van der Waals surface area contributed by atoms with E-state index in [0.29, 0.717) is 0 Å². The van der Waals surface area contributed by atoms with E-state index >= 15 is 0 Å². The van der Waals surface area contributed by atoms with Crippen molar-refractivity contribution >= 4 is 17.5 Å². The zero-order valence-electron chi connectivity index (χ0n) is 18.1. The lowest BCUT2D eigenvalue weighted by molar-refractivity contribution is -0.128. The van der Waals surface area contributed by atoms with Crippen molar-refractivity contribution in [2.24, 2.45) is 5.92 Å². The highest BCUT2D eigenvalue weighted by Crippen LogP contribution is 2.40. The molecule has 0 aliphatic carbocycles. The number of fused-ring (bicyclic) bond motifs is 1. The molecule has 1 N–H and O–H groups in total. The number of carbonyl (C=O) groups is 1. The molecule has 0 spiro atoms. The maximum Gasteiger partial charge on any atom is 0.224 e. The molecule has 1 amide bonds. The fraction of sp³-hybridized carbons (Fsp3) is 0.480. The van der Waals surface area contributed by atoms with Crippen LogP contribution in [0.5, 0.6) is 5.75 Å². The van der Waals surface area contributed by atoms with Gasteiger partial charge in [-0.05, 0) is 63.4 Å². The molecule has 30 heavy (non-hydrogen) atoms. The summed E-state index contributed by atoms with van der Waals surface area (Å²) in [5.74, 6) is 1.04. The van der Waals surface area contributed by atoms with E-state index in [4.69, 9.17) is 16.3 Å². The van der Waals surface area contributed by atoms with Crippen LogP contribution in [-0.4, -0.2) is 29.5 Å². The first-order chi connectivity index (χ1) is 14.3. The number of carbonyl (C=O) groups excluding carboxylic acids is 1. The molecule has 4 rings (SSSR count). The first kappa shape index (κ1) is 21.2. The largest absolute Gasteiger partial charge is 0.487 e. The Kier molecular flexibility index (Phi) is 6.08. The Morgan fingerprint density at radius 1 is 1.27 bits per heavy atom. The third-order valence-corrected chi connectivity index (χ3v) is 6.54. The number of benzene rings is 2. The number of hydrogen-bond acceptors (Lipinski definition) is 3. The molecule has 0 aromatic heterocycles. The summed E-state index contributed by atoms with van der Waals surface area (Å²) in [6.45, 7) is 8.79. The van der Waals surface area contributed by atoms with E-state index in [1.54, 1.807) is 0 Å². The number of rotatable bonds is 4. The number of amides is 1. The van der Waals surface area contributed by atoms with E-state index in [0.717, 1.165) is 60.8 Å². The van der Waals surface area contributed by atoms with Gasteiger partial charge in [0.1, 0.15) is 11.4 Å². The van der Waals surface area contributed by atoms with Crippen molar-refractivity contribution in [3.05, 3.63) is 64.2 Å². The van der Waals surface area contributed by atoms with Crippen LogP contribution in [0.2, 0.25) is 5.02 Å². The monoisotopic (exact) mass is 426 g/mol. The molecule has 0 saturated carbocycles. The van der Waals surface area contributed by atoms with E-state index in [1.807, 2.05) is 18.2 Å². The number of hydrogen-bond donors (Lipinski definition) is 1. The number of aryl methyl sites for hydroxylation is 1. The van der Waals surface area contributed by atoms with Crippen LogP contribution in [0, 0.1) is 12.8 Å². The van der Waals surface area contributed by atoms with Gasteiger partial charge in [-0.3, -0.25) is 9.69 Å². The van der Waals surface area contributed by atoms with Gasteiger partial charge in [0.2, 0.25) is 5.91 Å². The molecule has 4 nitrogen and oxygen atoms in total. The zero-order valence-corrected chi connectivity index (χ0v) is 18.8. The van der Waals surface area contributed by atoms with Gasteiger partial charge in [-0.15, -0.1) is 0 Å². The van der Waals surface area contributed by atoms with Gasteiger partial charge in [0, 0.05) is 30.1 Å². The second kappa shape index (κ2) is 8.60. The van der Waals surface area contributed by atoms with Crippen molar-refractivity contribution in [1.29, 1.82) is 0 Å². The molecule has 5 heteroatoms. The van der Waals surface area contributed by atoms with Crippen molar-refractivity contribution in [3.63, 3.8) is 0 Å². The summed E-state index contributed by atoms with van der Waals surface area (Å²) in [7, 11) is 0. The van der Waals surface area contributed by atoms with Gasteiger partial charge in [0.25, 0.3) is 0 Å². The Bertz CT molecular complexity index is 927. The van der Waals surface area contributed by atoms with Gasteiger partial charge >= 0.3 is 0 Å². The predicted octanol–water partition coefficient (Wildman–Crippen LogP) is 5.28. The Hall–Kier alpha value is -2.04. The third-order valence-electron chi connectivity index (χ3n) is 6.17. The second-order valence-corrected chi connectivity index (χ2v) is 9.74. The molecule has 1 fully saturated rings. The Labute approximate surface area is 184 Å². The molecule has 0 unspecified atom stereocenters. The Morgan fingerprint density at radius 2 is 2.07 bits per heavy atom. The van der Waals surface area contributed by atoms with Gasteiger partial charge in [0.15, 0.2) is 0 Å². The number of nitrogens with one attached hydrogen (secondary N) is 1. The summed E-state index contributed by atoms with van der Waals surface area (Å²) in [5.41, 5.74) is 3.06. The second-order valence-electron chi connectivity index (χ2n) is 9.33. The number of nitrogens with zero attached hydrogens (tertiary/aromatic N) is 1. The summed E-state index contributed by atoms with van der Waals surface area (Å²) in [4.78, 5) is 15.6. The smallest absolute Gasteiger partial charge is 0.224 e. The molecule has 2 aromatic carbocycles. The summed E-state index contributed by atoms with van der Waals surface area (Å²) < 4.78 is 6.18. The molecule has 0 bridgehead atoms. The topological polar surface area (TPSA) is 41.6 Å². The molecular formula is C25H31ClN2O2. The quantitative estimate of drug-likeness (QED) is 0.723.